The summed E-state index contributed by atoms with van der Waals surface area (Å²) in [6, 6.07) is 4.99. The molecule has 20 heavy (non-hydrogen) atoms. The zero-order valence-corrected chi connectivity index (χ0v) is 12.2. The molecule has 110 valence electrons. The summed E-state index contributed by atoms with van der Waals surface area (Å²) < 4.78 is 0. The molecule has 0 bridgehead atoms. The van der Waals surface area contributed by atoms with Crippen LogP contribution in [0.5, 0.6) is 0 Å². The number of rotatable bonds is 4. The summed E-state index contributed by atoms with van der Waals surface area (Å²) in [6.45, 7) is 3.67. The van der Waals surface area contributed by atoms with Crippen molar-refractivity contribution in [1.29, 1.82) is 0 Å². The number of hydrogen-bond acceptors (Lipinski definition) is 4. The lowest BCUT2D eigenvalue weighted by Crippen LogP contribution is -2.32. The molecule has 1 saturated heterocycles. The van der Waals surface area contributed by atoms with Crippen molar-refractivity contribution < 1.29 is 9.90 Å². The van der Waals surface area contributed by atoms with E-state index in [0.717, 1.165) is 19.5 Å². The maximum atomic E-state index is 12.0. The molecule has 1 amide bonds. The summed E-state index contributed by atoms with van der Waals surface area (Å²) in [6.07, 6.45) is 0.593. The number of nitrogens with two attached hydrogens (primary N) is 1. The molecule has 6 heteroatoms. The minimum atomic E-state index is -0.327. The van der Waals surface area contributed by atoms with E-state index in [1.54, 1.807) is 25.1 Å². The highest BCUT2D eigenvalue weighted by molar-refractivity contribution is 6.33. The van der Waals surface area contributed by atoms with Gasteiger partial charge in [-0.05, 0) is 44.0 Å². The number of halogens is 1. The molecule has 1 heterocycles. The van der Waals surface area contributed by atoms with Gasteiger partial charge in [-0.1, -0.05) is 11.6 Å². The van der Waals surface area contributed by atoms with E-state index in [1.807, 2.05) is 4.90 Å². The van der Waals surface area contributed by atoms with Crippen molar-refractivity contribution in [2.24, 2.45) is 5.92 Å². The number of benzene rings is 1. The van der Waals surface area contributed by atoms with Crippen molar-refractivity contribution in [3.05, 3.63) is 23.2 Å². The Hall–Kier alpha value is -1.30. The van der Waals surface area contributed by atoms with Gasteiger partial charge in [-0.3, -0.25) is 9.69 Å². The van der Waals surface area contributed by atoms with Gasteiger partial charge in [0, 0.05) is 12.2 Å². The quantitative estimate of drug-likeness (QED) is 0.737. The zero-order chi connectivity index (χ0) is 14.7. The third-order valence-electron chi connectivity index (χ3n) is 3.62. The Bertz CT molecular complexity index is 493. The molecule has 2 unspecified atom stereocenters. The molecule has 0 radical (unpaired) electrons. The molecule has 1 fully saturated rings. The van der Waals surface area contributed by atoms with Gasteiger partial charge in [-0.2, -0.15) is 0 Å². The number of likely N-dealkylation sites (tertiary alicyclic amines) is 1. The second-order valence-electron chi connectivity index (χ2n) is 5.31. The molecule has 1 aliphatic rings. The van der Waals surface area contributed by atoms with E-state index in [4.69, 9.17) is 17.3 Å². The second kappa shape index (κ2) is 6.43. The Morgan fingerprint density at radius 1 is 1.65 bits per heavy atom. The standard InChI is InChI=1S/C14H20ClN3O2/c1-9(19)10-4-5-18(7-10)8-14(20)17-13-6-11(16)2-3-12(13)15/h2-3,6,9-10,19H,4-5,7-8,16H2,1H3,(H,17,20). The Balaban J connectivity index is 1.88. The lowest BCUT2D eigenvalue weighted by Gasteiger charge is -2.17. The van der Waals surface area contributed by atoms with Crippen LogP contribution in [-0.2, 0) is 4.79 Å². The van der Waals surface area contributed by atoms with E-state index in [1.165, 1.54) is 0 Å². The molecule has 1 aliphatic heterocycles. The summed E-state index contributed by atoms with van der Waals surface area (Å²) in [5, 5.41) is 12.8. The SMILES string of the molecule is CC(O)C1CCN(CC(=O)Nc2cc(N)ccc2Cl)C1. The number of nitrogens with zero attached hydrogens (tertiary/aromatic N) is 1. The van der Waals surface area contributed by atoms with Gasteiger partial charge in [0.15, 0.2) is 0 Å². The van der Waals surface area contributed by atoms with E-state index in [2.05, 4.69) is 5.32 Å². The Morgan fingerprint density at radius 3 is 3.05 bits per heavy atom. The zero-order valence-electron chi connectivity index (χ0n) is 11.5. The average molecular weight is 298 g/mol. The fraction of sp³-hybridized carbons (Fsp3) is 0.500. The smallest absolute Gasteiger partial charge is 0.238 e. The molecule has 1 aromatic rings. The highest BCUT2D eigenvalue weighted by Gasteiger charge is 2.27. The number of carbonyl (C=O) groups is 1. The van der Waals surface area contributed by atoms with Crippen molar-refractivity contribution in [3.63, 3.8) is 0 Å². The van der Waals surface area contributed by atoms with Gasteiger partial charge in [-0.15, -0.1) is 0 Å². The minimum absolute atomic E-state index is 0.122. The van der Waals surface area contributed by atoms with Crippen LogP contribution >= 0.6 is 11.6 Å². The molecule has 2 rings (SSSR count). The summed E-state index contributed by atoms with van der Waals surface area (Å²) >= 11 is 6.00. The van der Waals surface area contributed by atoms with Crippen LogP contribution in [-0.4, -0.2) is 41.7 Å². The van der Waals surface area contributed by atoms with Crippen molar-refractivity contribution >= 4 is 28.9 Å². The first kappa shape index (κ1) is 15.1. The lowest BCUT2D eigenvalue weighted by molar-refractivity contribution is -0.117. The largest absolute Gasteiger partial charge is 0.399 e. The molecule has 4 N–H and O–H groups in total. The number of nitrogens with one attached hydrogen (secondary N) is 1. The molecular weight excluding hydrogens is 278 g/mol. The van der Waals surface area contributed by atoms with Gasteiger partial charge in [0.05, 0.1) is 23.4 Å². The fourth-order valence-electron chi connectivity index (χ4n) is 2.43. The second-order valence-corrected chi connectivity index (χ2v) is 5.72. The van der Waals surface area contributed by atoms with Gasteiger partial charge < -0.3 is 16.2 Å². The van der Waals surface area contributed by atoms with Crippen molar-refractivity contribution in [2.45, 2.75) is 19.4 Å². The van der Waals surface area contributed by atoms with Crippen molar-refractivity contribution in [3.8, 4) is 0 Å². The molecule has 0 aromatic heterocycles. The third-order valence-corrected chi connectivity index (χ3v) is 3.95. The molecule has 2 atom stereocenters. The maximum absolute atomic E-state index is 12.0. The van der Waals surface area contributed by atoms with Crippen molar-refractivity contribution in [2.75, 3.05) is 30.7 Å². The number of hydrogen-bond donors (Lipinski definition) is 3. The molecule has 0 saturated carbocycles. The average Bonchev–Trinajstić information content (AvgIpc) is 2.82. The van der Waals surface area contributed by atoms with E-state index >= 15 is 0 Å². The fourth-order valence-corrected chi connectivity index (χ4v) is 2.60. The predicted octanol–water partition coefficient (Wildman–Crippen LogP) is 1.56. The summed E-state index contributed by atoms with van der Waals surface area (Å²) in [7, 11) is 0. The van der Waals surface area contributed by atoms with Gasteiger partial charge in [0.25, 0.3) is 0 Å². The first-order valence-corrected chi connectivity index (χ1v) is 7.09. The number of amides is 1. The van der Waals surface area contributed by atoms with Crippen LogP contribution in [0, 0.1) is 5.92 Å². The van der Waals surface area contributed by atoms with E-state index in [9.17, 15) is 9.90 Å². The van der Waals surface area contributed by atoms with E-state index in [-0.39, 0.29) is 17.9 Å². The topological polar surface area (TPSA) is 78.6 Å². The molecule has 5 nitrogen and oxygen atoms in total. The predicted molar refractivity (Wildman–Crippen MR) is 80.7 cm³/mol. The molecular formula is C14H20ClN3O2. The maximum Gasteiger partial charge on any atom is 0.238 e. The first-order chi connectivity index (χ1) is 9.45. The number of nitrogen functional groups attached to an aromatic ring is 1. The normalized spacial score (nSPS) is 20.9. The molecule has 1 aromatic carbocycles. The highest BCUT2D eigenvalue weighted by Crippen LogP contribution is 2.24. The number of carbonyl (C=O) groups excluding carboxylic acids is 1. The van der Waals surface area contributed by atoms with Crippen LogP contribution in [0.3, 0.4) is 0 Å². The van der Waals surface area contributed by atoms with Crippen LogP contribution in [0.15, 0.2) is 18.2 Å². The third kappa shape index (κ3) is 3.85. The van der Waals surface area contributed by atoms with Crippen LogP contribution in [0.4, 0.5) is 11.4 Å². The van der Waals surface area contributed by atoms with Crippen LogP contribution in [0.1, 0.15) is 13.3 Å². The minimum Gasteiger partial charge on any atom is -0.399 e. The van der Waals surface area contributed by atoms with Crippen LogP contribution < -0.4 is 11.1 Å². The summed E-state index contributed by atoms with van der Waals surface area (Å²) in [5.74, 6) is 0.127. The van der Waals surface area contributed by atoms with E-state index in [0.29, 0.717) is 22.9 Å². The van der Waals surface area contributed by atoms with E-state index < -0.39 is 0 Å². The van der Waals surface area contributed by atoms with Crippen LogP contribution in [0.25, 0.3) is 0 Å². The van der Waals surface area contributed by atoms with Crippen LogP contribution in [0.2, 0.25) is 5.02 Å². The summed E-state index contributed by atoms with van der Waals surface area (Å²) in [5.41, 5.74) is 6.76. The summed E-state index contributed by atoms with van der Waals surface area (Å²) in [4.78, 5) is 14.0. The van der Waals surface area contributed by atoms with Gasteiger partial charge >= 0.3 is 0 Å². The highest BCUT2D eigenvalue weighted by atomic mass is 35.5. The number of anilines is 2. The van der Waals surface area contributed by atoms with Crippen molar-refractivity contribution in [1.82, 2.24) is 4.90 Å². The first-order valence-electron chi connectivity index (χ1n) is 6.71. The molecule has 0 aliphatic carbocycles. The Morgan fingerprint density at radius 2 is 2.40 bits per heavy atom. The Labute approximate surface area is 123 Å². The Kier molecular flexibility index (Phi) is 4.86. The molecule has 0 spiro atoms. The van der Waals surface area contributed by atoms with Gasteiger partial charge in [0.2, 0.25) is 5.91 Å². The number of aliphatic hydroxyl groups excluding tert-OH is 1. The number of aliphatic hydroxyl groups is 1. The van der Waals surface area contributed by atoms with Gasteiger partial charge in [0.1, 0.15) is 0 Å². The monoisotopic (exact) mass is 297 g/mol. The lowest BCUT2D eigenvalue weighted by atomic mass is 10.0. The van der Waals surface area contributed by atoms with Gasteiger partial charge in [-0.25, -0.2) is 0 Å².